The van der Waals surface area contributed by atoms with Crippen LogP contribution in [-0.4, -0.2) is 22.0 Å². The van der Waals surface area contributed by atoms with Gasteiger partial charge in [-0.05, 0) is 6.07 Å². The van der Waals surface area contributed by atoms with Gasteiger partial charge in [-0.15, -0.1) is 0 Å². The molecule has 0 aliphatic rings. The fraction of sp³-hybridized carbons (Fsp3) is 0. The molecule has 6 heteroatoms. The molecule has 15 heavy (non-hydrogen) atoms. The Hall–Kier alpha value is -2.24. The third-order valence-electron chi connectivity index (χ3n) is 1.41. The quantitative estimate of drug-likeness (QED) is 0.723. The lowest BCUT2D eigenvalue weighted by Crippen LogP contribution is -2.10. The number of aliphatic carboxylic acids is 1. The molecule has 1 heterocycles. The van der Waals surface area contributed by atoms with Gasteiger partial charge in [0.1, 0.15) is 0 Å². The van der Waals surface area contributed by atoms with Crippen LogP contribution in [0.2, 0.25) is 0 Å². The molecule has 2 N–H and O–H groups in total. The monoisotopic (exact) mass is 210 g/mol. The van der Waals surface area contributed by atoms with Crippen LogP contribution in [0.4, 0.5) is 10.1 Å². The first-order valence-corrected chi connectivity index (χ1v) is 3.91. The Morgan fingerprint density at radius 2 is 2.20 bits per heavy atom. The minimum Gasteiger partial charge on any atom is -0.478 e. The van der Waals surface area contributed by atoms with Crippen molar-refractivity contribution in [3.63, 3.8) is 0 Å². The zero-order valence-corrected chi connectivity index (χ0v) is 7.48. The fourth-order valence-corrected chi connectivity index (χ4v) is 0.798. The highest BCUT2D eigenvalue weighted by Crippen LogP contribution is 2.10. The SMILES string of the molecule is O=C(O)/C=C/C(=O)Nc1ccncc1F. The number of carboxylic acids is 1. The molecule has 0 saturated heterocycles. The van der Waals surface area contributed by atoms with E-state index in [2.05, 4.69) is 10.3 Å². The second kappa shape index (κ2) is 4.85. The van der Waals surface area contributed by atoms with Crippen LogP contribution in [0.15, 0.2) is 30.6 Å². The normalized spacial score (nSPS) is 10.2. The summed E-state index contributed by atoms with van der Waals surface area (Å²) >= 11 is 0. The van der Waals surface area contributed by atoms with Gasteiger partial charge in [0.05, 0.1) is 11.9 Å². The van der Waals surface area contributed by atoms with Gasteiger partial charge >= 0.3 is 5.97 Å². The van der Waals surface area contributed by atoms with Crippen molar-refractivity contribution < 1.29 is 19.1 Å². The predicted molar refractivity (Wildman–Crippen MR) is 49.6 cm³/mol. The van der Waals surface area contributed by atoms with Gasteiger partial charge in [0.2, 0.25) is 5.91 Å². The summed E-state index contributed by atoms with van der Waals surface area (Å²) in [6.07, 6.45) is 3.70. The highest BCUT2D eigenvalue weighted by atomic mass is 19.1. The Kier molecular flexibility index (Phi) is 3.50. The van der Waals surface area contributed by atoms with E-state index in [1.807, 2.05) is 0 Å². The number of hydrogen-bond acceptors (Lipinski definition) is 3. The summed E-state index contributed by atoms with van der Waals surface area (Å²) in [6.45, 7) is 0. The maximum Gasteiger partial charge on any atom is 0.328 e. The number of carbonyl (C=O) groups is 2. The van der Waals surface area contributed by atoms with Gasteiger partial charge in [-0.3, -0.25) is 9.78 Å². The minimum atomic E-state index is -1.25. The molecule has 0 spiro atoms. The summed E-state index contributed by atoms with van der Waals surface area (Å²) in [6, 6.07) is 1.27. The maximum atomic E-state index is 12.9. The molecule has 1 aromatic rings. The maximum absolute atomic E-state index is 12.9. The Labute approximate surface area is 84.3 Å². The van der Waals surface area contributed by atoms with Gasteiger partial charge in [0.25, 0.3) is 0 Å². The van der Waals surface area contributed by atoms with Crippen LogP contribution in [-0.2, 0) is 9.59 Å². The topological polar surface area (TPSA) is 79.3 Å². The van der Waals surface area contributed by atoms with Gasteiger partial charge in [-0.25, -0.2) is 9.18 Å². The molecule has 1 aromatic heterocycles. The number of carbonyl (C=O) groups excluding carboxylic acids is 1. The Balaban J connectivity index is 2.67. The molecular weight excluding hydrogens is 203 g/mol. The number of nitrogens with one attached hydrogen (secondary N) is 1. The van der Waals surface area contributed by atoms with E-state index in [1.54, 1.807) is 0 Å². The van der Waals surface area contributed by atoms with Crippen LogP contribution >= 0.6 is 0 Å². The second-order valence-electron chi connectivity index (χ2n) is 2.52. The number of pyridine rings is 1. The molecule has 0 aliphatic heterocycles. The molecule has 0 fully saturated rings. The van der Waals surface area contributed by atoms with Gasteiger partial charge in [-0.2, -0.15) is 0 Å². The number of anilines is 1. The lowest BCUT2D eigenvalue weighted by molar-refractivity contribution is -0.131. The van der Waals surface area contributed by atoms with Crippen molar-refractivity contribution in [1.82, 2.24) is 4.98 Å². The largest absolute Gasteiger partial charge is 0.478 e. The second-order valence-corrected chi connectivity index (χ2v) is 2.52. The van der Waals surface area contributed by atoms with Crippen LogP contribution < -0.4 is 5.32 Å². The van der Waals surface area contributed by atoms with Crippen molar-refractivity contribution in [2.45, 2.75) is 0 Å². The first kappa shape index (κ1) is 10.8. The smallest absolute Gasteiger partial charge is 0.328 e. The summed E-state index contributed by atoms with van der Waals surface area (Å²) < 4.78 is 12.9. The van der Waals surface area contributed by atoms with E-state index in [0.29, 0.717) is 6.08 Å². The Bertz CT molecular complexity index is 418. The summed E-state index contributed by atoms with van der Waals surface area (Å²) in [5, 5.41) is 10.4. The highest BCUT2D eigenvalue weighted by molar-refractivity contribution is 6.02. The molecule has 0 atom stereocenters. The molecule has 0 aliphatic carbocycles. The zero-order valence-electron chi connectivity index (χ0n) is 7.48. The van der Waals surface area contributed by atoms with Gasteiger partial charge in [0, 0.05) is 18.3 Å². The van der Waals surface area contributed by atoms with Crippen molar-refractivity contribution in [3.05, 3.63) is 36.4 Å². The van der Waals surface area contributed by atoms with Crippen molar-refractivity contribution >= 4 is 17.6 Å². The van der Waals surface area contributed by atoms with E-state index in [-0.39, 0.29) is 5.69 Å². The third kappa shape index (κ3) is 3.55. The van der Waals surface area contributed by atoms with Gasteiger partial charge < -0.3 is 10.4 Å². The number of amides is 1. The van der Waals surface area contributed by atoms with Crippen molar-refractivity contribution in [1.29, 1.82) is 0 Å². The van der Waals surface area contributed by atoms with E-state index < -0.39 is 17.7 Å². The first-order valence-electron chi connectivity index (χ1n) is 3.91. The van der Waals surface area contributed by atoms with E-state index in [4.69, 9.17) is 5.11 Å². The molecule has 78 valence electrons. The standard InChI is InChI=1S/C9H7FN2O3/c10-6-5-11-4-3-7(6)12-8(13)1-2-9(14)15/h1-5H,(H,14,15)(H,11,12,13)/b2-1+. The van der Waals surface area contributed by atoms with Gasteiger partial charge in [-0.1, -0.05) is 0 Å². The van der Waals surface area contributed by atoms with Crippen LogP contribution in [0.3, 0.4) is 0 Å². The first-order chi connectivity index (χ1) is 7.09. The van der Waals surface area contributed by atoms with E-state index >= 15 is 0 Å². The van der Waals surface area contributed by atoms with E-state index in [9.17, 15) is 14.0 Å². The predicted octanol–water partition coefficient (Wildman–Crippen LogP) is 0.800. The minimum absolute atomic E-state index is 0.0509. The van der Waals surface area contributed by atoms with Crippen molar-refractivity contribution in [3.8, 4) is 0 Å². The molecule has 0 aromatic carbocycles. The average molecular weight is 210 g/mol. The molecule has 0 unspecified atom stereocenters. The number of halogens is 1. The average Bonchev–Trinajstić information content (AvgIpc) is 2.18. The molecule has 0 bridgehead atoms. The van der Waals surface area contributed by atoms with Crippen LogP contribution in [0.1, 0.15) is 0 Å². The third-order valence-corrected chi connectivity index (χ3v) is 1.41. The molecule has 0 radical (unpaired) electrons. The van der Waals surface area contributed by atoms with Crippen molar-refractivity contribution in [2.75, 3.05) is 5.32 Å². The number of rotatable bonds is 3. The van der Waals surface area contributed by atoms with Crippen molar-refractivity contribution in [2.24, 2.45) is 0 Å². The summed E-state index contributed by atoms with van der Waals surface area (Å²) in [7, 11) is 0. The molecular formula is C9H7FN2O3. The summed E-state index contributed by atoms with van der Waals surface area (Å²) in [5.41, 5.74) is -0.0509. The van der Waals surface area contributed by atoms with Crippen LogP contribution in [0.5, 0.6) is 0 Å². The summed E-state index contributed by atoms with van der Waals surface area (Å²) in [4.78, 5) is 24.6. The lowest BCUT2D eigenvalue weighted by Gasteiger charge is -2.01. The van der Waals surface area contributed by atoms with Crippen LogP contribution in [0.25, 0.3) is 0 Å². The number of aromatic nitrogens is 1. The Morgan fingerprint density at radius 3 is 2.80 bits per heavy atom. The van der Waals surface area contributed by atoms with E-state index in [1.165, 1.54) is 12.3 Å². The fourth-order valence-electron chi connectivity index (χ4n) is 0.798. The Morgan fingerprint density at radius 1 is 1.47 bits per heavy atom. The van der Waals surface area contributed by atoms with Gasteiger partial charge in [0.15, 0.2) is 5.82 Å². The number of nitrogens with zero attached hydrogens (tertiary/aromatic N) is 1. The number of carboxylic acid groups (broad SMARTS) is 1. The zero-order chi connectivity index (χ0) is 11.3. The molecule has 0 saturated carbocycles. The summed E-state index contributed by atoms with van der Waals surface area (Å²) in [5.74, 6) is -2.66. The molecule has 5 nitrogen and oxygen atoms in total. The lowest BCUT2D eigenvalue weighted by atomic mass is 10.3. The molecule has 1 amide bonds. The number of hydrogen-bond donors (Lipinski definition) is 2. The highest BCUT2D eigenvalue weighted by Gasteiger charge is 2.03. The van der Waals surface area contributed by atoms with Crippen LogP contribution in [0, 0.1) is 5.82 Å². The molecule has 1 rings (SSSR count). The van der Waals surface area contributed by atoms with E-state index in [0.717, 1.165) is 12.3 Å².